The van der Waals surface area contributed by atoms with E-state index in [1.165, 1.54) is 11.5 Å². The second-order valence-electron chi connectivity index (χ2n) is 2.45. The average Bonchev–Trinajstić information content (AvgIpc) is 2.51. The van der Waals surface area contributed by atoms with E-state index in [1.807, 2.05) is 6.07 Å². The van der Waals surface area contributed by atoms with Gasteiger partial charge in [-0.15, -0.1) is 0 Å². The van der Waals surface area contributed by atoms with Crippen LogP contribution in [0.5, 0.6) is 0 Å². The van der Waals surface area contributed by atoms with Crippen molar-refractivity contribution in [2.45, 2.75) is 6.42 Å². The number of aliphatic carboxylic acids is 1. The van der Waals surface area contributed by atoms with Gasteiger partial charge in [-0.25, -0.2) is 4.37 Å². The molecule has 0 bridgehead atoms. The Morgan fingerprint density at radius 3 is 3.00 bits per heavy atom. The van der Waals surface area contributed by atoms with E-state index in [0.29, 0.717) is 6.42 Å². The van der Waals surface area contributed by atoms with Crippen LogP contribution in [-0.2, 0) is 11.2 Å². The number of rotatable bonds is 4. The van der Waals surface area contributed by atoms with Crippen LogP contribution in [0.25, 0.3) is 0 Å². The number of carboxylic acid groups (broad SMARTS) is 1. The van der Waals surface area contributed by atoms with Crippen molar-refractivity contribution in [1.29, 1.82) is 0 Å². The molecule has 0 amide bonds. The third-order valence-electron chi connectivity index (χ3n) is 1.57. The molecule has 3 N–H and O–H groups in total. The predicted octanol–water partition coefficient (Wildman–Crippen LogP) is 0.345. The molecule has 4 nitrogen and oxygen atoms in total. The molecule has 66 valence electrons. The fraction of sp³-hybridized carbons (Fsp3) is 0.429. The molecule has 0 aliphatic carbocycles. The molecule has 1 aromatic heterocycles. The molecule has 1 unspecified atom stereocenters. The number of carboxylic acids is 1. The first-order valence-corrected chi connectivity index (χ1v) is 4.34. The van der Waals surface area contributed by atoms with E-state index in [-0.39, 0.29) is 6.54 Å². The molecule has 0 radical (unpaired) electrons. The van der Waals surface area contributed by atoms with Gasteiger partial charge in [-0.05, 0) is 24.0 Å². The van der Waals surface area contributed by atoms with Crippen LogP contribution in [0, 0.1) is 5.92 Å². The molecule has 5 heteroatoms. The Balaban J connectivity index is 2.54. The Bertz CT molecular complexity index is 248. The number of nitrogens with zero attached hydrogens (tertiary/aromatic N) is 1. The fourth-order valence-electron chi connectivity index (χ4n) is 0.862. The van der Waals surface area contributed by atoms with Crippen LogP contribution in [0.4, 0.5) is 0 Å². The van der Waals surface area contributed by atoms with E-state index < -0.39 is 11.9 Å². The van der Waals surface area contributed by atoms with Gasteiger partial charge in [-0.3, -0.25) is 4.79 Å². The van der Waals surface area contributed by atoms with Crippen LogP contribution in [-0.4, -0.2) is 22.0 Å². The molecule has 1 rings (SSSR count). The molecular formula is C7H10N2O2S. The molecule has 0 aliphatic heterocycles. The molecular weight excluding hydrogens is 176 g/mol. The van der Waals surface area contributed by atoms with E-state index in [4.69, 9.17) is 10.8 Å². The molecule has 0 saturated carbocycles. The van der Waals surface area contributed by atoms with E-state index in [9.17, 15) is 4.79 Å². The largest absolute Gasteiger partial charge is 0.481 e. The third-order valence-corrected chi connectivity index (χ3v) is 2.34. The van der Waals surface area contributed by atoms with Crippen LogP contribution in [0.2, 0.25) is 0 Å². The normalized spacial score (nSPS) is 12.8. The van der Waals surface area contributed by atoms with E-state index in [2.05, 4.69) is 4.37 Å². The molecule has 0 aromatic carbocycles. The summed E-state index contributed by atoms with van der Waals surface area (Å²) in [6.45, 7) is 0.174. The second-order valence-corrected chi connectivity index (χ2v) is 3.37. The summed E-state index contributed by atoms with van der Waals surface area (Å²) in [5, 5.41) is 8.68. The van der Waals surface area contributed by atoms with Crippen molar-refractivity contribution in [2.24, 2.45) is 11.7 Å². The maximum atomic E-state index is 10.6. The highest BCUT2D eigenvalue weighted by Crippen LogP contribution is 2.11. The summed E-state index contributed by atoms with van der Waals surface area (Å²) in [5.41, 5.74) is 5.29. The molecule has 0 saturated heterocycles. The van der Waals surface area contributed by atoms with Gasteiger partial charge in [0.05, 0.1) is 5.92 Å². The van der Waals surface area contributed by atoms with Crippen LogP contribution in [0.3, 0.4) is 0 Å². The van der Waals surface area contributed by atoms with Crippen LogP contribution in [0.1, 0.15) is 4.88 Å². The number of hydrogen-bond acceptors (Lipinski definition) is 4. The molecule has 1 atom stereocenters. The zero-order valence-corrected chi connectivity index (χ0v) is 7.25. The third kappa shape index (κ3) is 2.28. The summed E-state index contributed by atoms with van der Waals surface area (Å²) in [6, 6.07) is 1.82. The van der Waals surface area contributed by atoms with Crippen LogP contribution in [0.15, 0.2) is 12.3 Å². The zero-order valence-electron chi connectivity index (χ0n) is 6.43. The van der Waals surface area contributed by atoms with Gasteiger partial charge >= 0.3 is 5.97 Å². The highest BCUT2D eigenvalue weighted by molar-refractivity contribution is 7.05. The zero-order chi connectivity index (χ0) is 8.97. The van der Waals surface area contributed by atoms with Crippen molar-refractivity contribution in [3.05, 3.63) is 17.1 Å². The topological polar surface area (TPSA) is 76.2 Å². The summed E-state index contributed by atoms with van der Waals surface area (Å²) in [7, 11) is 0. The maximum Gasteiger partial charge on any atom is 0.308 e. The van der Waals surface area contributed by atoms with Gasteiger partial charge in [0.25, 0.3) is 0 Å². The minimum Gasteiger partial charge on any atom is -0.481 e. The van der Waals surface area contributed by atoms with E-state index in [1.54, 1.807) is 6.20 Å². The van der Waals surface area contributed by atoms with Crippen molar-refractivity contribution >= 4 is 17.5 Å². The fourth-order valence-corrected chi connectivity index (χ4v) is 1.52. The maximum absolute atomic E-state index is 10.6. The smallest absolute Gasteiger partial charge is 0.308 e. The summed E-state index contributed by atoms with van der Waals surface area (Å²) < 4.78 is 3.88. The van der Waals surface area contributed by atoms with Gasteiger partial charge in [0.2, 0.25) is 0 Å². The minimum atomic E-state index is -0.842. The SMILES string of the molecule is NCC(Cc1ccns1)C(=O)O. The number of aromatic nitrogens is 1. The first kappa shape index (κ1) is 9.15. The summed E-state index contributed by atoms with van der Waals surface area (Å²) >= 11 is 1.32. The Kier molecular flexibility index (Phi) is 3.19. The quantitative estimate of drug-likeness (QED) is 0.711. The first-order valence-electron chi connectivity index (χ1n) is 3.56. The summed E-state index contributed by atoms with van der Waals surface area (Å²) in [6.07, 6.45) is 2.14. The van der Waals surface area contributed by atoms with Crippen LogP contribution >= 0.6 is 11.5 Å². The lowest BCUT2D eigenvalue weighted by Crippen LogP contribution is -2.24. The van der Waals surface area contributed by atoms with Gasteiger partial charge < -0.3 is 10.8 Å². The number of nitrogens with two attached hydrogens (primary N) is 1. The number of hydrogen-bond donors (Lipinski definition) is 2. The van der Waals surface area contributed by atoms with Gasteiger partial charge in [0.1, 0.15) is 0 Å². The highest BCUT2D eigenvalue weighted by atomic mass is 32.1. The monoisotopic (exact) mass is 186 g/mol. The number of carbonyl (C=O) groups is 1. The molecule has 0 aliphatic rings. The molecule has 0 fully saturated rings. The van der Waals surface area contributed by atoms with Crippen molar-refractivity contribution in [3.63, 3.8) is 0 Å². The Morgan fingerprint density at radius 2 is 2.58 bits per heavy atom. The van der Waals surface area contributed by atoms with Crippen LogP contribution < -0.4 is 5.73 Å². The van der Waals surface area contributed by atoms with E-state index in [0.717, 1.165) is 4.88 Å². The lowest BCUT2D eigenvalue weighted by atomic mass is 10.1. The Hall–Kier alpha value is -0.940. The minimum absolute atomic E-state index is 0.174. The molecule has 0 spiro atoms. The first-order chi connectivity index (χ1) is 5.74. The molecule has 1 aromatic rings. The Labute approximate surface area is 74.2 Å². The van der Waals surface area contributed by atoms with E-state index >= 15 is 0 Å². The van der Waals surface area contributed by atoms with Crippen molar-refractivity contribution in [1.82, 2.24) is 4.37 Å². The lowest BCUT2D eigenvalue weighted by Gasteiger charge is -2.06. The standard InChI is InChI=1S/C7H10N2O2S/c8-4-5(7(10)11)3-6-1-2-9-12-6/h1-2,5H,3-4,8H2,(H,10,11). The van der Waals surface area contributed by atoms with Crippen molar-refractivity contribution < 1.29 is 9.90 Å². The van der Waals surface area contributed by atoms with Crippen molar-refractivity contribution in [2.75, 3.05) is 6.54 Å². The predicted molar refractivity (Wildman–Crippen MR) is 46.0 cm³/mol. The Morgan fingerprint density at radius 1 is 1.83 bits per heavy atom. The average molecular weight is 186 g/mol. The van der Waals surface area contributed by atoms with Gasteiger partial charge in [0.15, 0.2) is 0 Å². The summed E-state index contributed by atoms with van der Waals surface area (Å²) in [4.78, 5) is 11.5. The highest BCUT2D eigenvalue weighted by Gasteiger charge is 2.16. The molecule has 1 heterocycles. The lowest BCUT2D eigenvalue weighted by molar-refractivity contribution is -0.141. The van der Waals surface area contributed by atoms with Gasteiger partial charge in [-0.2, -0.15) is 0 Å². The summed E-state index contributed by atoms with van der Waals surface area (Å²) in [5.74, 6) is -1.32. The molecule has 12 heavy (non-hydrogen) atoms. The second kappa shape index (κ2) is 4.18. The van der Waals surface area contributed by atoms with Gasteiger partial charge in [0, 0.05) is 17.6 Å². The van der Waals surface area contributed by atoms with Crippen molar-refractivity contribution in [3.8, 4) is 0 Å². The van der Waals surface area contributed by atoms with Gasteiger partial charge in [-0.1, -0.05) is 0 Å².